The molecule has 1 heterocycles. The van der Waals surface area contributed by atoms with Crippen molar-refractivity contribution in [3.8, 4) is 0 Å². The van der Waals surface area contributed by atoms with Gasteiger partial charge in [-0.15, -0.1) is 0 Å². The molecule has 0 amide bonds. The van der Waals surface area contributed by atoms with Crippen molar-refractivity contribution < 1.29 is 14.3 Å². The third-order valence-corrected chi connectivity index (χ3v) is 2.80. The van der Waals surface area contributed by atoms with E-state index in [2.05, 4.69) is 0 Å². The van der Waals surface area contributed by atoms with Gasteiger partial charge in [-0.1, -0.05) is 11.6 Å². The van der Waals surface area contributed by atoms with Crippen LogP contribution in [0, 0.1) is 13.8 Å². The smallest absolute Gasteiger partial charge is 0.336 e. The van der Waals surface area contributed by atoms with Gasteiger partial charge in [-0.25, -0.2) is 4.79 Å². The highest BCUT2D eigenvalue weighted by Gasteiger charge is 2.17. The highest BCUT2D eigenvalue weighted by molar-refractivity contribution is 6.35. The lowest BCUT2D eigenvalue weighted by Crippen LogP contribution is -1.97. The van der Waals surface area contributed by atoms with Gasteiger partial charge in [-0.3, -0.25) is 0 Å². The molecule has 0 fully saturated rings. The fraction of sp³-hybridized carbons (Fsp3) is 0.182. The van der Waals surface area contributed by atoms with Gasteiger partial charge in [0.25, 0.3) is 0 Å². The van der Waals surface area contributed by atoms with Crippen LogP contribution in [0.5, 0.6) is 0 Å². The Morgan fingerprint density at radius 1 is 1.40 bits per heavy atom. The summed E-state index contributed by atoms with van der Waals surface area (Å²) in [5, 5.41) is 10.0. The summed E-state index contributed by atoms with van der Waals surface area (Å²) in [4.78, 5) is 11.0. The highest BCUT2D eigenvalue weighted by atomic mass is 35.5. The molecule has 1 aromatic heterocycles. The van der Waals surface area contributed by atoms with Crippen LogP contribution in [0.3, 0.4) is 0 Å². The monoisotopic (exact) mass is 224 g/mol. The molecule has 0 unspecified atom stereocenters. The van der Waals surface area contributed by atoms with Crippen LogP contribution >= 0.6 is 11.6 Å². The van der Waals surface area contributed by atoms with E-state index in [9.17, 15) is 4.79 Å². The van der Waals surface area contributed by atoms with E-state index in [4.69, 9.17) is 21.1 Å². The average Bonchev–Trinajstić information content (AvgIpc) is 2.46. The third kappa shape index (κ3) is 1.39. The first-order valence-electron chi connectivity index (χ1n) is 4.44. The first-order valence-corrected chi connectivity index (χ1v) is 4.81. The second-order valence-corrected chi connectivity index (χ2v) is 3.79. The van der Waals surface area contributed by atoms with E-state index in [-0.39, 0.29) is 5.56 Å². The summed E-state index contributed by atoms with van der Waals surface area (Å²) in [6, 6.07) is 3.03. The van der Waals surface area contributed by atoms with Crippen molar-refractivity contribution >= 4 is 28.5 Å². The van der Waals surface area contributed by atoms with Crippen molar-refractivity contribution in [2.75, 3.05) is 0 Å². The summed E-state index contributed by atoms with van der Waals surface area (Å²) in [6.07, 6.45) is 0. The van der Waals surface area contributed by atoms with Crippen LogP contribution in [-0.4, -0.2) is 11.1 Å². The standard InChI is InChI=1S/C11H9ClO3/c1-5-6(2)15-10-8(12)4-3-7(9(5)10)11(13)14/h3-4H,1-2H3,(H,13,14). The Morgan fingerprint density at radius 3 is 2.67 bits per heavy atom. The molecule has 78 valence electrons. The van der Waals surface area contributed by atoms with Gasteiger partial charge in [0.1, 0.15) is 5.76 Å². The van der Waals surface area contributed by atoms with Gasteiger partial charge in [0.15, 0.2) is 5.58 Å². The quantitative estimate of drug-likeness (QED) is 0.808. The van der Waals surface area contributed by atoms with Crippen LogP contribution in [0.25, 0.3) is 11.0 Å². The molecule has 0 spiro atoms. The van der Waals surface area contributed by atoms with Crippen molar-refractivity contribution in [2.24, 2.45) is 0 Å². The molecule has 2 rings (SSSR count). The summed E-state index contributed by atoms with van der Waals surface area (Å²) < 4.78 is 5.42. The first-order chi connectivity index (χ1) is 7.02. The Bertz CT molecular complexity index is 554. The summed E-state index contributed by atoms with van der Waals surface area (Å²) >= 11 is 5.93. The van der Waals surface area contributed by atoms with E-state index in [0.717, 1.165) is 5.56 Å². The number of halogens is 1. The zero-order valence-corrected chi connectivity index (χ0v) is 9.05. The maximum absolute atomic E-state index is 11.0. The second-order valence-electron chi connectivity index (χ2n) is 3.39. The predicted molar refractivity (Wildman–Crippen MR) is 57.7 cm³/mol. The predicted octanol–water partition coefficient (Wildman–Crippen LogP) is 3.40. The Morgan fingerprint density at radius 2 is 2.07 bits per heavy atom. The van der Waals surface area contributed by atoms with Crippen LogP contribution in [0.15, 0.2) is 16.5 Å². The van der Waals surface area contributed by atoms with Gasteiger partial charge in [-0.2, -0.15) is 0 Å². The number of fused-ring (bicyclic) bond motifs is 1. The molecule has 0 saturated carbocycles. The van der Waals surface area contributed by atoms with Gasteiger partial charge in [0.2, 0.25) is 0 Å². The number of carboxylic acids is 1. The highest BCUT2D eigenvalue weighted by Crippen LogP contribution is 2.33. The Balaban J connectivity index is 2.96. The average molecular weight is 225 g/mol. The van der Waals surface area contributed by atoms with Gasteiger partial charge < -0.3 is 9.52 Å². The topological polar surface area (TPSA) is 50.4 Å². The van der Waals surface area contributed by atoms with Crippen molar-refractivity contribution in [1.29, 1.82) is 0 Å². The van der Waals surface area contributed by atoms with E-state index in [0.29, 0.717) is 21.8 Å². The lowest BCUT2D eigenvalue weighted by molar-refractivity contribution is 0.0699. The number of rotatable bonds is 1. The molecule has 2 aromatic rings. The third-order valence-electron chi connectivity index (χ3n) is 2.50. The lowest BCUT2D eigenvalue weighted by atomic mass is 10.1. The maximum atomic E-state index is 11.0. The largest absolute Gasteiger partial charge is 0.478 e. The zero-order chi connectivity index (χ0) is 11.2. The molecule has 4 heteroatoms. The second kappa shape index (κ2) is 3.28. The molecular formula is C11H9ClO3. The van der Waals surface area contributed by atoms with E-state index in [1.165, 1.54) is 12.1 Å². The fourth-order valence-electron chi connectivity index (χ4n) is 1.61. The molecule has 1 aromatic carbocycles. The van der Waals surface area contributed by atoms with Crippen molar-refractivity contribution in [3.63, 3.8) is 0 Å². The molecule has 3 nitrogen and oxygen atoms in total. The minimum Gasteiger partial charge on any atom is -0.478 e. The summed E-state index contributed by atoms with van der Waals surface area (Å²) in [6.45, 7) is 3.61. The SMILES string of the molecule is Cc1oc2c(Cl)ccc(C(=O)O)c2c1C. The number of carbonyl (C=O) groups is 1. The number of aryl methyl sites for hydroxylation is 2. The molecule has 0 aliphatic rings. The van der Waals surface area contributed by atoms with E-state index in [1.54, 1.807) is 6.92 Å². The number of benzene rings is 1. The summed E-state index contributed by atoms with van der Waals surface area (Å²) in [5.74, 6) is -0.277. The van der Waals surface area contributed by atoms with Crippen LogP contribution in [0.1, 0.15) is 21.7 Å². The lowest BCUT2D eigenvalue weighted by Gasteiger charge is -1.98. The number of furan rings is 1. The van der Waals surface area contributed by atoms with Crippen molar-refractivity contribution in [1.82, 2.24) is 0 Å². The Kier molecular flexibility index (Phi) is 2.20. The first kappa shape index (κ1) is 10.1. The minimum absolute atomic E-state index is 0.226. The Labute approximate surface area is 91.3 Å². The summed E-state index contributed by atoms with van der Waals surface area (Å²) in [7, 11) is 0. The van der Waals surface area contributed by atoms with Gasteiger partial charge in [-0.05, 0) is 31.5 Å². The van der Waals surface area contributed by atoms with Crippen molar-refractivity contribution in [3.05, 3.63) is 34.0 Å². The van der Waals surface area contributed by atoms with Gasteiger partial charge >= 0.3 is 5.97 Å². The number of hydrogen-bond donors (Lipinski definition) is 1. The minimum atomic E-state index is -0.972. The van der Waals surface area contributed by atoms with Crippen LogP contribution in [0.4, 0.5) is 0 Å². The van der Waals surface area contributed by atoms with E-state index >= 15 is 0 Å². The number of carboxylic acid groups (broad SMARTS) is 1. The van der Waals surface area contributed by atoms with Crippen LogP contribution < -0.4 is 0 Å². The normalized spacial score (nSPS) is 10.9. The molecule has 0 aliphatic heterocycles. The molecule has 0 atom stereocenters. The van der Waals surface area contributed by atoms with Crippen molar-refractivity contribution in [2.45, 2.75) is 13.8 Å². The van der Waals surface area contributed by atoms with Gasteiger partial charge in [0, 0.05) is 5.39 Å². The van der Waals surface area contributed by atoms with Crippen LogP contribution in [0.2, 0.25) is 5.02 Å². The van der Waals surface area contributed by atoms with E-state index < -0.39 is 5.97 Å². The summed E-state index contributed by atoms with van der Waals surface area (Å²) in [5.41, 5.74) is 1.50. The molecule has 0 saturated heterocycles. The molecule has 15 heavy (non-hydrogen) atoms. The maximum Gasteiger partial charge on any atom is 0.336 e. The zero-order valence-electron chi connectivity index (χ0n) is 8.30. The number of hydrogen-bond acceptors (Lipinski definition) is 2. The molecular weight excluding hydrogens is 216 g/mol. The van der Waals surface area contributed by atoms with E-state index in [1.807, 2.05) is 6.92 Å². The molecule has 0 bridgehead atoms. The molecule has 0 aliphatic carbocycles. The Hall–Kier alpha value is -1.48. The van der Waals surface area contributed by atoms with Crippen LogP contribution in [-0.2, 0) is 0 Å². The molecule has 1 N–H and O–H groups in total. The number of aromatic carboxylic acids is 1. The molecule has 0 radical (unpaired) electrons. The fourth-order valence-corrected chi connectivity index (χ4v) is 1.81. The van der Waals surface area contributed by atoms with Gasteiger partial charge in [0.05, 0.1) is 10.6 Å².